The lowest BCUT2D eigenvalue weighted by Crippen LogP contribution is -2.47. The minimum atomic E-state index is -0.612. The second-order valence-electron chi connectivity index (χ2n) is 5.38. The largest absolute Gasteiger partial charge is 0.460 e. The molecule has 0 aromatic heterocycles. The first-order valence-electron chi connectivity index (χ1n) is 6.61. The minimum absolute atomic E-state index is 0.0970. The number of benzene rings is 1. The van der Waals surface area contributed by atoms with Crippen molar-refractivity contribution < 1.29 is 19.1 Å². The van der Waals surface area contributed by atoms with E-state index in [9.17, 15) is 9.59 Å². The maximum absolute atomic E-state index is 12.4. The number of esters is 1. The monoisotopic (exact) mass is 292 g/mol. The maximum Gasteiger partial charge on any atom is 0.302 e. The zero-order chi connectivity index (χ0) is 14.3. The summed E-state index contributed by atoms with van der Waals surface area (Å²) in [5.41, 5.74) is 0. The number of hydrogen-bond donors (Lipinski definition) is 0. The van der Waals surface area contributed by atoms with Crippen LogP contribution in [0.4, 0.5) is 0 Å². The predicted octanol–water partition coefficient (Wildman–Crippen LogP) is 2.21. The molecule has 3 rings (SSSR count). The molecule has 1 heterocycles. The van der Waals surface area contributed by atoms with Gasteiger partial charge in [-0.3, -0.25) is 9.59 Å². The fourth-order valence-electron chi connectivity index (χ4n) is 2.68. The summed E-state index contributed by atoms with van der Waals surface area (Å²) in [6.45, 7) is 3.29. The highest BCUT2D eigenvalue weighted by atomic mass is 32.2. The van der Waals surface area contributed by atoms with Crippen LogP contribution in [0.25, 0.3) is 0 Å². The fourth-order valence-corrected chi connectivity index (χ4v) is 3.96. The van der Waals surface area contributed by atoms with Crippen molar-refractivity contribution in [1.29, 1.82) is 0 Å². The molecule has 20 heavy (non-hydrogen) atoms. The van der Waals surface area contributed by atoms with E-state index in [1.165, 1.54) is 18.7 Å². The maximum atomic E-state index is 12.4. The molecule has 0 bridgehead atoms. The fraction of sp³-hybridized carbons (Fsp3) is 0.467. The molecule has 1 saturated heterocycles. The highest BCUT2D eigenvalue weighted by Gasteiger charge is 2.62. The lowest BCUT2D eigenvalue weighted by atomic mass is 9.86. The van der Waals surface area contributed by atoms with Crippen LogP contribution in [0.5, 0.6) is 0 Å². The number of epoxide rings is 1. The molecule has 1 aromatic carbocycles. The van der Waals surface area contributed by atoms with Gasteiger partial charge in [-0.05, 0) is 19.1 Å². The summed E-state index contributed by atoms with van der Waals surface area (Å²) in [5, 5.41) is 0. The average molecular weight is 292 g/mol. The summed E-state index contributed by atoms with van der Waals surface area (Å²) < 4.78 is 10.1. The number of carbonyl (C=O) groups excluding carboxylic acids is 2. The smallest absolute Gasteiger partial charge is 0.302 e. The molecule has 1 aliphatic carbocycles. The van der Waals surface area contributed by atoms with Gasteiger partial charge >= 0.3 is 5.97 Å². The number of Topliss-reactive ketones (excluding diaryl/α,β-unsaturated/α-hetero) is 1. The summed E-state index contributed by atoms with van der Waals surface area (Å²) in [4.78, 5) is 24.6. The Kier molecular flexibility index (Phi) is 3.34. The SMILES string of the molecule is CC(=O)O[C@H]1CC(C)(Sc2ccccc2)C(=O)[C@@H]2O[C@H]12. The van der Waals surface area contributed by atoms with Crippen LogP contribution in [0.15, 0.2) is 35.2 Å². The molecule has 4 atom stereocenters. The molecule has 1 saturated carbocycles. The molecule has 5 heteroatoms. The number of ether oxygens (including phenoxy) is 2. The summed E-state index contributed by atoms with van der Waals surface area (Å²) in [5.74, 6) is -0.231. The Morgan fingerprint density at radius 2 is 2.10 bits per heavy atom. The molecule has 0 N–H and O–H groups in total. The minimum Gasteiger partial charge on any atom is -0.460 e. The van der Waals surface area contributed by atoms with Crippen LogP contribution in [0.3, 0.4) is 0 Å². The summed E-state index contributed by atoms with van der Waals surface area (Å²) in [7, 11) is 0. The van der Waals surface area contributed by atoms with Gasteiger partial charge in [0, 0.05) is 18.2 Å². The van der Waals surface area contributed by atoms with Crippen LogP contribution in [0.2, 0.25) is 0 Å². The predicted molar refractivity (Wildman–Crippen MR) is 74.5 cm³/mol. The van der Waals surface area contributed by atoms with Crippen molar-refractivity contribution in [3.05, 3.63) is 30.3 Å². The van der Waals surface area contributed by atoms with Crippen molar-refractivity contribution in [3.63, 3.8) is 0 Å². The first kappa shape index (κ1) is 13.6. The van der Waals surface area contributed by atoms with Gasteiger partial charge in [0.25, 0.3) is 0 Å². The molecule has 1 unspecified atom stereocenters. The Balaban J connectivity index is 1.80. The number of fused-ring (bicyclic) bond motifs is 1. The standard InChI is InChI=1S/C15H16O4S/c1-9(16)18-11-8-15(2,14(17)13-12(11)19-13)20-10-6-4-3-5-7-10/h3-7,11-13H,8H2,1-2H3/t11-,12+,13+,15?/m0/s1. The number of carbonyl (C=O) groups is 2. The third-order valence-corrected chi connectivity index (χ3v) is 4.99. The van der Waals surface area contributed by atoms with Crippen LogP contribution < -0.4 is 0 Å². The van der Waals surface area contributed by atoms with E-state index in [-0.39, 0.29) is 24.0 Å². The number of ketones is 1. The van der Waals surface area contributed by atoms with Gasteiger partial charge < -0.3 is 9.47 Å². The molecular weight excluding hydrogens is 276 g/mol. The second kappa shape index (κ2) is 4.90. The van der Waals surface area contributed by atoms with E-state index in [1.54, 1.807) is 0 Å². The molecular formula is C15H16O4S. The van der Waals surface area contributed by atoms with E-state index < -0.39 is 10.9 Å². The third kappa shape index (κ3) is 2.47. The van der Waals surface area contributed by atoms with E-state index in [0.717, 1.165) is 4.90 Å². The van der Waals surface area contributed by atoms with Crippen LogP contribution in [0, 0.1) is 0 Å². The number of hydrogen-bond acceptors (Lipinski definition) is 5. The zero-order valence-electron chi connectivity index (χ0n) is 11.4. The van der Waals surface area contributed by atoms with E-state index in [0.29, 0.717) is 6.42 Å². The van der Waals surface area contributed by atoms with Crippen LogP contribution in [-0.2, 0) is 19.1 Å². The quantitative estimate of drug-likeness (QED) is 0.631. The normalized spacial score (nSPS) is 35.3. The lowest BCUT2D eigenvalue weighted by Gasteiger charge is -2.33. The van der Waals surface area contributed by atoms with Crippen molar-refractivity contribution >= 4 is 23.5 Å². The van der Waals surface area contributed by atoms with Crippen molar-refractivity contribution in [3.8, 4) is 0 Å². The molecule has 1 aromatic rings. The molecule has 2 aliphatic rings. The van der Waals surface area contributed by atoms with Gasteiger partial charge in [-0.25, -0.2) is 0 Å². The molecule has 0 spiro atoms. The lowest BCUT2D eigenvalue weighted by molar-refractivity contribution is -0.149. The molecule has 0 amide bonds. The van der Waals surface area contributed by atoms with Crippen LogP contribution in [0.1, 0.15) is 20.3 Å². The second-order valence-corrected chi connectivity index (χ2v) is 6.96. The van der Waals surface area contributed by atoms with Crippen molar-refractivity contribution in [2.75, 3.05) is 0 Å². The van der Waals surface area contributed by atoms with Gasteiger partial charge in [0.05, 0.1) is 4.75 Å². The Morgan fingerprint density at radius 1 is 1.40 bits per heavy atom. The van der Waals surface area contributed by atoms with Gasteiger partial charge in [-0.1, -0.05) is 18.2 Å². The highest BCUT2D eigenvalue weighted by Crippen LogP contribution is 2.48. The Hall–Kier alpha value is -1.33. The topological polar surface area (TPSA) is 55.9 Å². The Labute approximate surface area is 121 Å². The van der Waals surface area contributed by atoms with E-state index in [4.69, 9.17) is 9.47 Å². The van der Waals surface area contributed by atoms with Crippen LogP contribution in [-0.4, -0.2) is 34.8 Å². The van der Waals surface area contributed by atoms with E-state index >= 15 is 0 Å². The first-order chi connectivity index (χ1) is 9.49. The van der Waals surface area contributed by atoms with Crippen molar-refractivity contribution in [1.82, 2.24) is 0 Å². The molecule has 0 radical (unpaired) electrons. The third-order valence-electron chi connectivity index (χ3n) is 3.67. The van der Waals surface area contributed by atoms with Crippen molar-refractivity contribution in [2.45, 2.75) is 48.2 Å². The van der Waals surface area contributed by atoms with Gasteiger partial charge in [0.1, 0.15) is 18.3 Å². The summed E-state index contributed by atoms with van der Waals surface area (Å²) in [6, 6.07) is 9.78. The zero-order valence-corrected chi connectivity index (χ0v) is 12.2. The van der Waals surface area contributed by atoms with E-state index in [1.807, 2.05) is 37.3 Å². The molecule has 2 fully saturated rings. The summed E-state index contributed by atoms with van der Waals surface area (Å²) >= 11 is 1.52. The van der Waals surface area contributed by atoms with Crippen LogP contribution >= 0.6 is 11.8 Å². The Morgan fingerprint density at radius 3 is 2.75 bits per heavy atom. The molecule has 106 valence electrons. The number of thioether (sulfide) groups is 1. The average Bonchev–Trinajstić information content (AvgIpc) is 3.17. The van der Waals surface area contributed by atoms with Gasteiger partial charge in [-0.2, -0.15) is 0 Å². The number of rotatable bonds is 3. The van der Waals surface area contributed by atoms with Gasteiger partial charge in [0.15, 0.2) is 5.78 Å². The molecule has 4 nitrogen and oxygen atoms in total. The molecule has 1 aliphatic heterocycles. The van der Waals surface area contributed by atoms with Gasteiger partial charge in [0.2, 0.25) is 0 Å². The first-order valence-corrected chi connectivity index (χ1v) is 7.42. The summed E-state index contributed by atoms with van der Waals surface area (Å²) in [6.07, 6.45) is -0.479. The van der Waals surface area contributed by atoms with Gasteiger partial charge in [-0.15, -0.1) is 11.8 Å². The van der Waals surface area contributed by atoms with Crippen molar-refractivity contribution in [2.24, 2.45) is 0 Å². The van der Waals surface area contributed by atoms with E-state index in [2.05, 4.69) is 0 Å². The Bertz CT molecular complexity index is 544. The highest BCUT2D eigenvalue weighted by molar-refractivity contribution is 8.01.